The van der Waals surface area contributed by atoms with Crippen LogP contribution in [0.25, 0.3) is 5.69 Å². The fraction of sp³-hybridized carbons (Fsp3) is 0.525. The molecule has 2 amide bonds. The second-order valence-electron chi connectivity index (χ2n) is 14.5. The molecule has 1 aromatic heterocycles. The predicted octanol–water partition coefficient (Wildman–Crippen LogP) is 4.75. The molecule has 51 heavy (non-hydrogen) atoms. The van der Waals surface area contributed by atoms with Gasteiger partial charge in [0.05, 0.1) is 23.7 Å². The Bertz CT molecular complexity index is 1820. The molecule has 1 aliphatic heterocycles. The molecule has 4 unspecified atom stereocenters. The summed E-state index contributed by atoms with van der Waals surface area (Å²) in [5.74, 6) is 0.783. The minimum absolute atomic E-state index is 0.0372. The first kappa shape index (κ1) is 37.6. The largest absolute Gasteiger partial charge is 0.392 e. The lowest BCUT2D eigenvalue weighted by atomic mass is 9.60. The number of amides is 2. The summed E-state index contributed by atoms with van der Waals surface area (Å²) in [6.45, 7) is 13.5. The number of nitriles is 1. The lowest BCUT2D eigenvalue weighted by molar-refractivity contribution is -0.130. The number of carbonyl (C=O) groups excluding carboxylic acids is 2. The Morgan fingerprint density at radius 1 is 1.14 bits per heavy atom. The second-order valence-corrected chi connectivity index (χ2v) is 14.5. The van der Waals surface area contributed by atoms with Gasteiger partial charge in [-0.3, -0.25) is 14.6 Å². The van der Waals surface area contributed by atoms with Crippen LogP contribution in [0.4, 0.5) is 0 Å². The van der Waals surface area contributed by atoms with Crippen LogP contribution < -0.4 is 21.6 Å². The van der Waals surface area contributed by atoms with Crippen LogP contribution in [-0.2, 0) is 16.6 Å². The number of carbonyl (C=O) groups is 2. The molecule has 0 radical (unpaired) electrons. The summed E-state index contributed by atoms with van der Waals surface area (Å²) in [4.78, 5) is 45.0. The standard InChI is InChI=1S/C40H54N8O3/c1-8-34-29(20-26(3)28(5)42-6)13-14-30-21-31(37(50)43-7)15-18-35(30)40(34,22-27(4)44-24-36(49)47-19-9-10-33(47)23-41)38-45-39(51)48(46-38)32-16-11-25(2)12-17-32/h11-12,15-18,21,26-27,29,33-34,42,44H,5,8-10,13-14,19-20,22,24H2,1-4,6-7H3,(H,43,50)(H,45,46,51)/t26?,27-,29+,33?,34?,40?/m1/s1. The molecule has 2 heterocycles. The van der Waals surface area contributed by atoms with Crippen LogP contribution in [0.3, 0.4) is 0 Å². The molecule has 4 N–H and O–H groups in total. The highest BCUT2D eigenvalue weighted by Gasteiger charge is 2.51. The van der Waals surface area contributed by atoms with Gasteiger partial charge in [-0.1, -0.05) is 50.6 Å². The van der Waals surface area contributed by atoms with E-state index in [2.05, 4.69) is 60.4 Å². The SMILES string of the molecule is C=C(NC)C(C)C[C@@H]1CCc2cc(C(=O)NC)ccc2C(C[C@@H](C)NCC(=O)N2CCCC2C#N)(c2nn(-c3ccc(C)cc3)c(=O)[nH]2)C1CC. The van der Waals surface area contributed by atoms with Gasteiger partial charge in [-0.2, -0.15) is 9.94 Å². The molecule has 0 saturated carbocycles. The molecule has 2 aromatic carbocycles. The van der Waals surface area contributed by atoms with Crippen molar-refractivity contribution < 1.29 is 9.59 Å². The zero-order valence-corrected chi connectivity index (χ0v) is 31.0. The van der Waals surface area contributed by atoms with E-state index in [0.29, 0.717) is 36.5 Å². The lowest BCUT2D eigenvalue weighted by Crippen LogP contribution is -2.48. The van der Waals surface area contributed by atoms with Crippen molar-refractivity contribution in [3.63, 3.8) is 0 Å². The third-order valence-corrected chi connectivity index (χ3v) is 11.3. The Balaban J connectivity index is 1.67. The van der Waals surface area contributed by atoms with Crippen molar-refractivity contribution in [3.05, 3.63) is 93.3 Å². The van der Waals surface area contributed by atoms with Gasteiger partial charge in [0.25, 0.3) is 5.91 Å². The van der Waals surface area contributed by atoms with E-state index in [0.717, 1.165) is 54.5 Å². The molecule has 0 bridgehead atoms. The maximum Gasteiger partial charge on any atom is 0.348 e. The number of hydrogen-bond acceptors (Lipinski definition) is 7. The number of aromatic amines is 1. The molecule has 3 aromatic rings. The average molecular weight is 695 g/mol. The van der Waals surface area contributed by atoms with Crippen LogP contribution in [0.5, 0.6) is 0 Å². The summed E-state index contributed by atoms with van der Waals surface area (Å²) in [7, 11) is 3.54. The first-order chi connectivity index (χ1) is 24.5. The summed E-state index contributed by atoms with van der Waals surface area (Å²) in [5, 5.41) is 24.2. The van der Waals surface area contributed by atoms with E-state index >= 15 is 0 Å². The van der Waals surface area contributed by atoms with E-state index in [1.54, 1.807) is 11.9 Å². The molecule has 5 rings (SSSR count). The van der Waals surface area contributed by atoms with Crippen LogP contribution in [0.15, 0.2) is 59.5 Å². The summed E-state index contributed by atoms with van der Waals surface area (Å²) in [6, 6.07) is 15.4. The normalized spacial score (nSPS) is 22.7. The Kier molecular flexibility index (Phi) is 11.9. The van der Waals surface area contributed by atoms with Crippen molar-refractivity contribution >= 4 is 11.8 Å². The molecule has 11 nitrogen and oxygen atoms in total. The molecule has 1 aliphatic carbocycles. The van der Waals surface area contributed by atoms with Crippen molar-refractivity contribution in [2.45, 2.75) is 90.1 Å². The quantitative estimate of drug-likeness (QED) is 0.189. The van der Waals surface area contributed by atoms with Crippen LogP contribution >= 0.6 is 0 Å². The number of fused-ring (bicyclic) bond motifs is 1. The van der Waals surface area contributed by atoms with Gasteiger partial charge < -0.3 is 20.9 Å². The number of aryl methyl sites for hydroxylation is 2. The Morgan fingerprint density at radius 3 is 2.55 bits per heavy atom. The molecule has 6 atom stereocenters. The summed E-state index contributed by atoms with van der Waals surface area (Å²) < 4.78 is 1.45. The Hall–Kier alpha value is -4.69. The summed E-state index contributed by atoms with van der Waals surface area (Å²) in [5.41, 5.74) is 4.30. The number of benzene rings is 2. The summed E-state index contributed by atoms with van der Waals surface area (Å²) in [6.07, 6.45) is 5.39. The van der Waals surface area contributed by atoms with Gasteiger partial charge in [-0.15, -0.1) is 5.10 Å². The zero-order chi connectivity index (χ0) is 36.9. The molecular weight excluding hydrogens is 640 g/mol. The fourth-order valence-corrected chi connectivity index (χ4v) is 8.64. The number of nitrogens with zero attached hydrogens (tertiary/aromatic N) is 4. The maximum absolute atomic E-state index is 13.9. The topological polar surface area (TPSA) is 148 Å². The van der Waals surface area contributed by atoms with E-state index in [4.69, 9.17) is 5.10 Å². The van der Waals surface area contributed by atoms with Gasteiger partial charge >= 0.3 is 5.69 Å². The molecule has 2 aliphatic rings. The van der Waals surface area contributed by atoms with Gasteiger partial charge in [0.15, 0.2) is 0 Å². The average Bonchev–Trinajstić information content (AvgIpc) is 3.76. The number of aromatic nitrogens is 3. The molecule has 0 spiro atoms. The van der Waals surface area contributed by atoms with E-state index < -0.39 is 5.41 Å². The monoisotopic (exact) mass is 694 g/mol. The van der Waals surface area contributed by atoms with Crippen molar-refractivity contribution in [1.29, 1.82) is 5.26 Å². The Labute approximate surface area is 301 Å². The number of allylic oxidation sites excluding steroid dienone is 1. The third kappa shape index (κ3) is 7.66. The van der Waals surface area contributed by atoms with E-state index in [9.17, 15) is 19.6 Å². The molecular formula is C40H54N8O3. The highest BCUT2D eigenvalue weighted by atomic mass is 16.2. The first-order valence-electron chi connectivity index (χ1n) is 18.4. The Morgan fingerprint density at radius 2 is 1.88 bits per heavy atom. The van der Waals surface area contributed by atoms with Gasteiger partial charge in [0.2, 0.25) is 5.91 Å². The van der Waals surface area contributed by atoms with Crippen LogP contribution in [0, 0.1) is 36.0 Å². The molecule has 1 fully saturated rings. The minimum Gasteiger partial charge on any atom is -0.392 e. The van der Waals surface area contributed by atoms with Crippen molar-refractivity contribution in [3.8, 4) is 11.8 Å². The third-order valence-electron chi connectivity index (χ3n) is 11.3. The van der Waals surface area contributed by atoms with Crippen LogP contribution in [-0.4, -0.2) is 70.7 Å². The molecule has 1 saturated heterocycles. The van der Waals surface area contributed by atoms with E-state index in [1.807, 2.05) is 50.4 Å². The van der Waals surface area contributed by atoms with Crippen LogP contribution in [0.2, 0.25) is 0 Å². The highest BCUT2D eigenvalue weighted by Crippen LogP contribution is 2.52. The first-order valence-corrected chi connectivity index (χ1v) is 18.4. The molecule has 11 heteroatoms. The number of likely N-dealkylation sites (tertiary alicyclic amines) is 1. The second kappa shape index (κ2) is 16.1. The van der Waals surface area contributed by atoms with E-state index in [-0.39, 0.29) is 53.9 Å². The van der Waals surface area contributed by atoms with E-state index in [1.165, 1.54) is 4.68 Å². The predicted molar refractivity (Wildman–Crippen MR) is 200 cm³/mol. The summed E-state index contributed by atoms with van der Waals surface area (Å²) >= 11 is 0. The molecule has 272 valence electrons. The van der Waals surface area contributed by atoms with Crippen LogP contribution in [0.1, 0.15) is 92.2 Å². The van der Waals surface area contributed by atoms with Gasteiger partial charge in [-0.25, -0.2) is 4.79 Å². The zero-order valence-electron chi connectivity index (χ0n) is 31.0. The number of hydrogen-bond donors (Lipinski definition) is 4. The number of nitrogens with one attached hydrogen (secondary N) is 4. The number of rotatable bonds is 13. The minimum atomic E-state index is -0.791. The highest BCUT2D eigenvalue weighted by molar-refractivity contribution is 5.94. The van der Waals surface area contributed by atoms with Gasteiger partial charge in [0.1, 0.15) is 11.9 Å². The smallest absolute Gasteiger partial charge is 0.348 e. The van der Waals surface area contributed by atoms with Crippen molar-refractivity contribution in [2.75, 3.05) is 27.2 Å². The maximum atomic E-state index is 13.9. The van der Waals surface area contributed by atoms with Gasteiger partial charge in [0, 0.05) is 37.9 Å². The fourth-order valence-electron chi connectivity index (χ4n) is 8.64. The van der Waals surface area contributed by atoms with Crippen molar-refractivity contribution in [1.82, 2.24) is 35.6 Å². The van der Waals surface area contributed by atoms with Gasteiger partial charge in [-0.05, 0) is 106 Å². The van der Waals surface area contributed by atoms with Crippen molar-refractivity contribution in [2.24, 2.45) is 17.8 Å². The number of H-pyrrole nitrogens is 1. The lowest BCUT2D eigenvalue weighted by Gasteiger charge is -2.44.